The summed E-state index contributed by atoms with van der Waals surface area (Å²) in [5.74, 6) is -0.0875. The maximum atomic E-state index is 13.8. The summed E-state index contributed by atoms with van der Waals surface area (Å²) in [5, 5.41) is 9.72. The number of benzene rings is 2. The number of hydrogen-bond donors (Lipinski definition) is 1. The largest absolute Gasteiger partial charge is 0.490 e. The maximum Gasteiger partial charge on any atom is 0.309 e. The van der Waals surface area contributed by atoms with E-state index in [2.05, 4.69) is 11.0 Å². The molecule has 1 saturated heterocycles. The topological polar surface area (TPSA) is 106 Å². The number of methoxy groups -OCH3 is 1. The fourth-order valence-corrected chi connectivity index (χ4v) is 7.06. The second-order valence-corrected chi connectivity index (χ2v) is 13.3. The van der Waals surface area contributed by atoms with Crippen molar-refractivity contribution in [2.45, 2.75) is 70.1 Å². The molecular weight excluding hydrogens is 532 g/mol. The number of piperidine rings is 1. The number of sulfonamides is 1. The molecule has 0 unspecified atom stereocenters. The van der Waals surface area contributed by atoms with Crippen LogP contribution < -0.4 is 9.64 Å². The van der Waals surface area contributed by atoms with E-state index in [1.807, 2.05) is 19.1 Å². The number of hydrogen-bond acceptors (Lipinski definition) is 7. The minimum atomic E-state index is -3.85. The molecule has 1 fully saturated rings. The van der Waals surface area contributed by atoms with Crippen LogP contribution in [0, 0.1) is 12.3 Å². The van der Waals surface area contributed by atoms with E-state index in [-0.39, 0.29) is 24.0 Å². The number of ether oxygens (including phenoxy) is 3. The van der Waals surface area contributed by atoms with E-state index in [9.17, 15) is 18.3 Å². The summed E-state index contributed by atoms with van der Waals surface area (Å²) >= 11 is 0. The van der Waals surface area contributed by atoms with Gasteiger partial charge in [-0.1, -0.05) is 23.8 Å². The van der Waals surface area contributed by atoms with Crippen LogP contribution in [0.3, 0.4) is 0 Å². The number of carboxylic acid groups (broad SMARTS) is 1. The van der Waals surface area contributed by atoms with Gasteiger partial charge in [-0.15, -0.1) is 0 Å². The number of nitrogens with zero attached hydrogens (tertiary/aromatic N) is 2. The molecule has 2 aliphatic heterocycles. The average Bonchev–Trinajstić information content (AvgIpc) is 2.92. The number of carbonyl (C=O) groups is 1. The summed E-state index contributed by atoms with van der Waals surface area (Å²) in [6.45, 7) is 8.74. The van der Waals surface area contributed by atoms with Gasteiger partial charge in [0.2, 0.25) is 10.0 Å². The molecule has 9 nitrogen and oxygen atoms in total. The molecule has 2 aromatic carbocycles. The Morgan fingerprint density at radius 1 is 1.15 bits per heavy atom. The van der Waals surface area contributed by atoms with E-state index in [1.54, 1.807) is 45.2 Å². The molecule has 0 radical (unpaired) electrons. The molecule has 2 atom stereocenters. The van der Waals surface area contributed by atoms with Gasteiger partial charge in [-0.25, -0.2) is 8.42 Å². The van der Waals surface area contributed by atoms with Gasteiger partial charge in [0.1, 0.15) is 12.4 Å². The Bertz CT molecular complexity index is 1260. The lowest BCUT2D eigenvalue weighted by Crippen LogP contribution is -2.51. The minimum Gasteiger partial charge on any atom is -0.490 e. The molecule has 0 aliphatic carbocycles. The van der Waals surface area contributed by atoms with Crippen LogP contribution in [0.1, 0.15) is 50.7 Å². The van der Waals surface area contributed by atoms with Gasteiger partial charge < -0.3 is 24.2 Å². The number of anilines is 1. The van der Waals surface area contributed by atoms with Crippen LogP contribution in [0.4, 0.5) is 5.69 Å². The fourth-order valence-electron chi connectivity index (χ4n) is 5.37. The lowest BCUT2D eigenvalue weighted by molar-refractivity contribution is -0.148. The first-order valence-corrected chi connectivity index (χ1v) is 15.4. The van der Waals surface area contributed by atoms with Crippen LogP contribution in [-0.4, -0.2) is 75.9 Å². The van der Waals surface area contributed by atoms with Gasteiger partial charge in [0.05, 0.1) is 35.3 Å². The van der Waals surface area contributed by atoms with E-state index >= 15 is 0 Å². The normalized spacial score (nSPS) is 20.1. The first-order chi connectivity index (χ1) is 19.0. The van der Waals surface area contributed by atoms with Gasteiger partial charge in [0.15, 0.2) is 0 Å². The van der Waals surface area contributed by atoms with Crippen LogP contribution in [0.2, 0.25) is 0 Å². The highest BCUT2D eigenvalue weighted by Gasteiger charge is 2.42. The van der Waals surface area contributed by atoms with Crippen molar-refractivity contribution >= 4 is 21.7 Å². The van der Waals surface area contributed by atoms with E-state index in [0.29, 0.717) is 32.7 Å². The van der Waals surface area contributed by atoms with Crippen molar-refractivity contribution in [2.24, 2.45) is 5.41 Å². The van der Waals surface area contributed by atoms with E-state index in [1.165, 1.54) is 4.31 Å². The van der Waals surface area contributed by atoms with Crippen molar-refractivity contribution in [3.63, 3.8) is 0 Å². The second-order valence-electron chi connectivity index (χ2n) is 11.4. The number of rotatable bonds is 12. The molecule has 10 heteroatoms. The monoisotopic (exact) mass is 574 g/mol. The van der Waals surface area contributed by atoms with Crippen LogP contribution in [0.5, 0.6) is 5.75 Å². The van der Waals surface area contributed by atoms with Crippen LogP contribution in [-0.2, 0) is 30.9 Å². The molecule has 0 bridgehead atoms. The maximum absolute atomic E-state index is 13.8. The zero-order chi connectivity index (χ0) is 28.9. The molecule has 0 spiro atoms. The van der Waals surface area contributed by atoms with Gasteiger partial charge in [-0.3, -0.25) is 4.79 Å². The molecular formula is C30H42N2O7S. The average molecular weight is 575 g/mol. The minimum absolute atomic E-state index is 0.174. The third kappa shape index (κ3) is 7.15. The molecule has 1 N–H and O–H groups in total. The number of fused-ring (bicyclic) bond motifs is 1. The smallest absolute Gasteiger partial charge is 0.309 e. The second kappa shape index (κ2) is 12.9. The lowest BCUT2D eigenvalue weighted by atomic mass is 9.83. The van der Waals surface area contributed by atoms with Crippen molar-refractivity contribution < 1.29 is 32.5 Å². The molecule has 0 amide bonds. The summed E-state index contributed by atoms with van der Waals surface area (Å²) in [6.07, 6.45) is 2.01. The zero-order valence-electron chi connectivity index (χ0n) is 24.0. The lowest BCUT2D eigenvalue weighted by Gasteiger charge is -2.41. The van der Waals surface area contributed by atoms with Crippen molar-refractivity contribution in [3.8, 4) is 5.75 Å². The van der Waals surface area contributed by atoms with Gasteiger partial charge in [-0.2, -0.15) is 4.31 Å². The third-order valence-electron chi connectivity index (χ3n) is 7.81. The summed E-state index contributed by atoms with van der Waals surface area (Å²) in [5.41, 5.74) is 1.93. The molecule has 0 saturated carbocycles. The number of carboxylic acids is 1. The first kappa shape index (κ1) is 30.3. The van der Waals surface area contributed by atoms with Crippen LogP contribution >= 0.6 is 0 Å². The standard InChI is InChI=1S/C30H42N2O7S/c1-22-6-11-26(12-7-22)40(35,36)32-20-25(10-9-24(32)19-30(2,3)29(33)34)39-21-23-8-13-28-27(18-23)31(15-17-38-28)14-5-16-37-4/h6-8,11-13,18,24-25H,5,9-10,14-17,19-21H2,1-4H3,(H,33,34)/t24-,25+/m0/s1. The Morgan fingerprint density at radius 2 is 1.90 bits per heavy atom. The van der Waals surface area contributed by atoms with E-state index in [0.717, 1.165) is 42.1 Å². The number of aliphatic carboxylic acids is 1. The summed E-state index contributed by atoms with van der Waals surface area (Å²) in [6, 6.07) is 12.4. The van der Waals surface area contributed by atoms with Crippen molar-refractivity contribution in [2.75, 3.05) is 44.9 Å². The summed E-state index contributed by atoms with van der Waals surface area (Å²) < 4.78 is 46.4. The van der Waals surface area contributed by atoms with Crippen LogP contribution in [0.15, 0.2) is 47.4 Å². The number of aryl methyl sites for hydroxylation is 1. The highest BCUT2D eigenvalue weighted by molar-refractivity contribution is 7.89. The quantitative estimate of drug-likeness (QED) is 0.370. The van der Waals surface area contributed by atoms with Gasteiger partial charge >= 0.3 is 5.97 Å². The summed E-state index contributed by atoms with van der Waals surface area (Å²) in [7, 11) is -2.14. The molecule has 2 heterocycles. The Hall–Kier alpha value is -2.66. The molecule has 0 aromatic heterocycles. The molecule has 220 valence electrons. The Morgan fingerprint density at radius 3 is 2.60 bits per heavy atom. The predicted molar refractivity (Wildman–Crippen MR) is 153 cm³/mol. The molecule has 4 rings (SSSR count). The van der Waals surface area contributed by atoms with Gasteiger partial charge in [0, 0.05) is 32.8 Å². The first-order valence-electron chi connectivity index (χ1n) is 13.9. The van der Waals surface area contributed by atoms with E-state index < -0.39 is 27.4 Å². The Balaban J connectivity index is 1.49. The van der Waals surface area contributed by atoms with Crippen LogP contribution in [0.25, 0.3) is 0 Å². The highest BCUT2D eigenvalue weighted by atomic mass is 32.2. The van der Waals surface area contributed by atoms with E-state index in [4.69, 9.17) is 14.2 Å². The van der Waals surface area contributed by atoms with Crippen molar-refractivity contribution in [3.05, 3.63) is 53.6 Å². The summed E-state index contributed by atoms with van der Waals surface area (Å²) in [4.78, 5) is 14.4. The fraction of sp³-hybridized carbons (Fsp3) is 0.567. The van der Waals surface area contributed by atoms with Crippen molar-refractivity contribution in [1.82, 2.24) is 4.31 Å². The molecule has 2 aromatic rings. The SMILES string of the molecule is COCCCN1CCOc2ccc(CO[C@@H]3CC[C@@H](CC(C)(C)C(=O)O)N(S(=O)(=O)c4ccc(C)cc4)C3)cc21. The molecule has 40 heavy (non-hydrogen) atoms. The predicted octanol–water partition coefficient (Wildman–Crippen LogP) is 4.47. The zero-order valence-corrected chi connectivity index (χ0v) is 24.8. The van der Waals surface area contributed by atoms with Gasteiger partial charge in [0.25, 0.3) is 0 Å². The third-order valence-corrected chi connectivity index (χ3v) is 9.74. The van der Waals surface area contributed by atoms with Crippen molar-refractivity contribution in [1.29, 1.82) is 0 Å². The Labute approximate surface area is 238 Å². The van der Waals surface area contributed by atoms with Gasteiger partial charge in [-0.05, 0) is 76.3 Å². The molecule has 2 aliphatic rings. The Kier molecular flexibility index (Phi) is 9.76. The highest BCUT2D eigenvalue weighted by Crippen LogP contribution is 2.36.